The van der Waals surface area contributed by atoms with Gasteiger partial charge in [-0.05, 0) is 30.2 Å². The monoisotopic (exact) mass is 388 g/mol. The van der Waals surface area contributed by atoms with Crippen molar-refractivity contribution in [2.75, 3.05) is 31.5 Å². The number of aromatic nitrogens is 2. The highest BCUT2D eigenvalue weighted by Crippen LogP contribution is 2.27. The molecule has 2 aliphatic heterocycles. The van der Waals surface area contributed by atoms with Crippen molar-refractivity contribution in [3.63, 3.8) is 0 Å². The Bertz CT molecular complexity index is 731. The molecule has 0 saturated carbocycles. The summed E-state index contributed by atoms with van der Waals surface area (Å²) in [5.41, 5.74) is 7.88. The molecule has 2 aliphatic rings. The number of aliphatic hydroxyl groups excluding tert-OH is 1. The molecule has 1 aromatic carbocycles. The van der Waals surface area contributed by atoms with Gasteiger partial charge >= 0.3 is 0 Å². The lowest BCUT2D eigenvalue weighted by Crippen LogP contribution is -2.51. The molecular weight excluding hydrogens is 364 g/mol. The zero-order valence-corrected chi connectivity index (χ0v) is 15.8. The fourth-order valence-corrected chi connectivity index (χ4v) is 4.06. The van der Waals surface area contributed by atoms with Crippen LogP contribution in [0.2, 0.25) is 5.02 Å². The van der Waals surface area contributed by atoms with Crippen molar-refractivity contribution in [3.05, 3.63) is 53.3 Å². The first-order valence-electron chi connectivity index (χ1n) is 9.37. The van der Waals surface area contributed by atoms with Crippen LogP contribution in [0.3, 0.4) is 0 Å². The van der Waals surface area contributed by atoms with E-state index in [-0.39, 0.29) is 12.1 Å². The van der Waals surface area contributed by atoms with E-state index in [1.165, 1.54) is 5.56 Å². The van der Waals surface area contributed by atoms with Crippen molar-refractivity contribution in [1.29, 1.82) is 0 Å². The predicted octanol–water partition coefficient (Wildman–Crippen LogP) is 1.44. The zero-order valence-electron chi connectivity index (χ0n) is 15.1. The number of β-amino-alcohol motifs (C(OH)–C–C–N with tert-alkyl or cyclic N) is 1. The average Bonchev–Trinajstić information content (AvgIpc) is 3.13. The summed E-state index contributed by atoms with van der Waals surface area (Å²) in [5, 5.41) is 14.6. The highest BCUT2D eigenvalue weighted by molar-refractivity contribution is 6.30. The van der Waals surface area contributed by atoms with Crippen LogP contribution in [-0.2, 0) is 0 Å². The minimum absolute atomic E-state index is 0.0180. The molecular formula is C19H25ClN6O. The van der Waals surface area contributed by atoms with E-state index in [0.29, 0.717) is 18.4 Å². The molecule has 2 saturated heterocycles. The molecule has 4 atom stereocenters. The van der Waals surface area contributed by atoms with Gasteiger partial charge in [-0.15, -0.1) is 0 Å². The third-order valence-electron chi connectivity index (χ3n) is 5.36. The Morgan fingerprint density at radius 1 is 1.22 bits per heavy atom. The van der Waals surface area contributed by atoms with Gasteiger partial charge in [-0.2, -0.15) is 0 Å². The summed E-state index contributed by atoms with van der Waals surface area (Å²) in [6.45, 7) is 3.41. The third-order valence-corrected chi connectivity index (χ3v) is 5.61. The van der Waals surface area contributed by atoms with Gasteiger partial charge in [-0.25, -0.2) is 15.4 Å². The highest BCUT2D eigenvalue weighted by Gasteiger charge is 2.33. The predicted molar refractivity (Wildman–Crippen MR) is 105 cm³/mol. The van der Waals surface area contributed by atoms with Crippen molar-refractivity contribution >= 4 is 17.5 Å². The Balaban J connectivity index is 1.33. The summed E-state index contributed by atoms with van der Waals surface area (Å²) in [6, 6.07) is 10.0. The van der Waals surface area contributed by atoms with Crippen LogP contribution in [0, 0.1) is 5.92 Å². The van der Waals surface area contributed by atoms with Gasteiger partial charge in [0, 0.05) is 49.5 Å². The Labute approximate surface area is 164 Å². The molecule has 4 rings (SSSR count). The first-order valence-corrected chi connectivity index (χ1v) is 9.74. The number of halogens is 1. The number of nitrogens with zero attached hydrogens (tertiary/aromatic N) is 3. The lowest BCUT2D eigenvalue weighted by Gasteiger charge is -2.38. The van der Waals surface area contributed by atoms with Gasteiger partial charge in [0.05, 0.1) is 18.2 Å². The summed E-state index contributed by atoms with van der Waals surface area (Å²) in [4.78, 5) is 10.7. The minimum Gasteiger partial charge on any atom is -0.390 e. The SMILES string of the molecule is O[C@@H]1CN(CC2CNNC2c2ccc(Cl)cc2)CC[C@H]1Nc1ncccn1. The maximum atomic E-state index is 10.6. The van der Waals surface area contributed by atoms with Crippen LogP contribution in [-0.4, -0.2) is 58.3 Å². The van der Waals surface area contributed by atoms with Crippen molar-refractivity contribution in [3.8, 4) is 0 Å². The van der Waals surface area contributed by atoms with E-state index in [4.69, 9.17) is 11.6 Å². The van der Waals surface area contributed by atoms with Crippen molar-refractivity contribution in [2.24, 2.45) is 5.92 Å². The number of aliphatic hydroxyl groups is 1. The van der Waals surface area contributed by atoms with Crippen LogP contribution in [0.1, 0.15) is 18.0 Å². The lowest BCUT2D eigenvalue weighted by atomic mass is 9.93. The van der Waals surface area contributed by atoms with E-state index in [1.54, 1.807) is 18.5 Å². The Morgan fingerprint density at radius 3 is 2.74 bits per heavy atom. The number of benzene rings is 1. The van der Waals surface area contributed by atoms with Gasteiger partial charge in [-0.3, -0.25) is 5.43 Å². The summed E-state index contributed by atoms with van der Waals surface area (Å²) in [7, 11) is 0. The summed E-state index contributed by atoms with van der Waals surface area (Å²) in [6.07, 6.45) is 3.82. The fourth-order valence-electron chi connectivity index (χ4n) is 3.93. The second-order valence-electron chi connectivity index (χ2n) is 7.25. The number of likely N-dealkylation sites (tertiary alicyclic amines) is 1. The molecule has 2 unspecified atom stereocenters. The summed E-state index contributed by atoms with van der Waals surface area (Å²) in [5.74, 6) is 1.00. The standard InChI is InChI=1S/C19H25ClN6O/c20-15-4-2-13(3-5-15)18-14(10-23-25-18)11-26-9-6-16(17(27)12-26)24-19-21-7-1-8-22-19/h1-5,7-8,14,16-18,23,25,27H,6,9-12H2,(H,21,22,24)/t14?,16-,17-,18?/m1/s1. The van der Waals surface area contributed by atoms with Gasteiger partial charge in [0.25, 0.3) is 0 Å². The van der Waals surface area contributed by atoms with Gasteiger partial charge in [0.1, 0.15) is 0 Å². The minimum atomic E-state index is -0.446. The third kappa shape index (κ3) is 4.56. The van der Waals surface area contributed by atoms with E-state index >= 15 is 0 Å². The molecule has 2 aromatic rings. The number of rotatable bonds is 5. The van der Waals surface area contributed by atoms with Gasteiger partial charge in [-0.1, -0.05) is 23.7 Å². The number of hydrogen-bond donors (Lipinski definition) is 4. The summed E-state index contributed by atoms with van der Waals surface area (Å²) < 4.78 is 0. The van der Waals surface area contributed by atoms with Crippen LogP contribution < -0.4 is 16.2 Å². The molecule has 0 amide bonds. The van der Waals surface area contributed by atoms with E-state index in [2.05, 4.69) is 43.2 Å². The molecule has 2 fully saturated rings. The number of hydrazine groups is 1. The lowest BCUT2D eigenvalue weighted by molar-refractivity contribution is 0.0515. The van der Waals surface area contributed by atoms with Crippen LogP contribution in [0.5, 0.6) is 0 Å². The van der Waals surface area contributed by atoms with Crippen molar-refractivity contribution < 1.29 is 5.11 Å². The molecule has 144 valence electrons. The Kier molecular flexibility index (Phi) is 5.85. The van der Waals surface area contributed by atoms with E-state index in [0.717, 1.165) is 31.1 Å². The molecule has 1 aromatic heterocycles. The van der Waals surface area contributed by atoms with Crippen LogP contribution in [0.4, 0.5) is 5.95 Å². The summed E-state index contributed by atoms with van der Waals surface area (Å²) >= 11 is 6.01. The fraction of sp³-hybridized carbons (Fsp3) is 0.474. The smallest absolute Gasteiger partial charge is 0.222 e. The van der Waals surface area contributed by atoms with Crippen LogP contribution in [0.15, 0.2) is 42.7 Å². The number of hydrogen-bond acceptors (Lipinski definition) is 7. The number of anilines is 1. The Hall–Kier alpha value is -1.77. The zero-order chi connectivity index (χ0) is 18.6. The van der Waals surface area contributed by atoms with Gasteiger partial charge < -0.3 is 15.3 Å². The normalized spacial score (nSPS) is 29.0. The molecule has 0 radical (unpaired) electrons. The molecule has 8 heteroatoms. The molecule has 0 aliphatic carbocycles. The van der Waals surface area contributed by atoms with E-state index in [9.17, 15) is 5.11 Å². The molecule has 0 spiro atoms. The second kappa shape index (κ2) is 8.50. The van der Waals surface area contributed by atoms with Crippen LogP contribution >= 0.6 is 11.6 Å². The van der Waals surface area contributed by atoms with Crippen LogP contribution in [0.25, 0.3) is 0 Å². The number of nitrogens with one attached hydrogen (secondary N) is 3. The molecule has 3 heterocycles. The first-order chi connectivity index (χ1) is 13.2. The quantitative estimate of drug-likeness (QED) is 0.616. The average molecular weight is 389 g/mol. The maximum Gasteiger partial charge on any atom is 0.222 e. The van der Waals surface area contributed by atoms with Gasteiger partial charge in [0.2, 0.25) is 5.95 Å². The topological polar surface area (TPSA) is 85.3 Å². The largest absolute Gasteiger partial charge is 0.390 e. The molecule has 27 heavy (non-hydrogen) atoms. The van der Waals surface area contributed by atoms with Crippen molar-refractivity contribution in [1.82, 2.24) is 25.7 Å². The van der Waals surface area contributed by atoms with E-state index in [1.807, 2.05) is 12.1 Å². The maximum absolute atomic E-state index is 10.6. The second-order valence-corrected chi connectivity index (χ2v) is 7.69. The highest BCUT2D eigenvalue weighted by atomic mass is 35.5. The molecule has 7 nitrogen and oxygen atoms in total. The number of piperidine rings is 1. The molecule has 0 bridgehead atoms. The Morgan fingerprint density at radius 2 is 2.00 bits per heavy atom. The first kappa shape index (κ1) is 18.6. The van der Waals surface area contributed by atoms with Gasteiger partial charge in [0.15, 0.2) is 0 Å². The molecule has 4 N–H and O–H groups in total. The van der Waals surface area contributed by atoms with E-state index < -0.39 is 6.10 Å². The van der Waals surface area contributed by atoms with Crippen molar-refractivity contribution in [2.45, 2.75) is 24.6 Å².